The molecule has 120 valence electrons. The highest BCUT2D eigenvalue weighted by atomic mass is 35.5. The maximum Gasteiger partial charge on any atom is 0.313 e. The molecule has 2 N–H and O–H groups in total. The molecular weight excluding hydrogens is 324 g/mol. The van der Waals surface area contributed by atoms with Crippen molar-refractivity contribution in [2.24, 2.45) is 0 Å². The predicted molar refractivity (Wildman–Crippen MR) is 82.1 cm³/mol. The van der Waals surface area contributed by atoms with Crippen molar-refractivity contribution in [2.75, 3.05) is 26.2 Å². The lowest BCUT2D eigenvalue weighted by atomic mass is 10.0. The SMILES string of the molecule is C[C@@H](c1cc(F)cc([N+](=O)[O-])c1O)N1CCNCC1.Cl.Cl. The van der Waals surface area contributed by atoms with Crippen LogP contribution in [-0.2, 0) is 0 Å². The Morgan fingerprint density at radius 1 is 1.38 bits per heavy atom. The fourth-order valence-corrected chi connectivity index (χ4v) is 2.33. The van der Waals surface area contributed by atoms with Gasteiger partial charge >= 0.3 is 5.69 Å². The zero-order valence-electron chi connectivity index (χ0n) is 11.4. The van der Waals surface area contributed by atoms with Gasteiger partial charge in [-0.15, -0.1) is 24.8 Å². The number of rotatable bonds is 3. The number of hydrogen-bond acceptors (Lipinski definition) is 5. The molecule has 1 fully saturated rings. The van der Waals surface area contributed by atoms with Crippen LogP contribution in [0.15, 0.2) is 12.1 Å². The van der Waals surface area contributed by atoms with Crippen LogP contribution in [0.4, 0.5) is 10.1 Å². The molecule has 1 saturated heterocycles. The molecule has 6 nitrogen and oxygen atoms in total. The third kappa shape index (κ3) is 4.41. The molecule has 2 rings (SSSR count). The molecule has 21 heavy (non-hydrogen) atoms. The van der Waals surface area contributed by atoms with Gasteiger partial charge in [-0.25, -0.2) is 4.39 Å². The monoisotopic (exact) mass is 341 g/mol. The Morgan fingerprint density at radius 2 is 1.95 bits per heavy atom. The van der Waals surface area contributed by atoms with E-state index in [0.29, 0.717) is 0 Å². The topological polar surface area (TPSA) is 78.6 Å². The first-order valence-corrected chi connectivity index (χ1v) is 6.12. The van der Waals surface area contributed by atoms with E-state index in [2.05, 4.69) is 10.2 Å². The molecule has 0 spiro atoms. The zero-order valence-corrected chi connectivity index (χ0v) is 13.0. The van der Waals surface area contributed by atoms with Gasteiger partial charge in [0.05, 0.1) is 11.0 Å². The average Bonchev–Trinajstić information content (AvgIpc) is 2.41. The molecule has 0 radical (unpaired) electrons. The average molecular weight is 342 g/mol. The summed E-state index contributed by atoms with van der Waals surface area (Å²) < 4.78 is 13.4. The maximum atomic E-state index is 13.4. The van der Waals surface area contributed by atoms with Crippen LogP contribution in [0.5, 0.6) is 5.75 Å². The summed E-state index contributed by atoms with van der Waals surface area (Å²) in [5.74, 6) is -1.15. The number of piperazine rings is 1. The highest BCUT2D eigenvalue weighted by Gasteiger charge is 2.26. The van der Waals surface area contributed by atoms with E-state index in [4.69, 9.17) is 0 Å². The van der Waals surface area contributed by atoms with Gasteiger partial charge in [0.25, 0.3) is 0 Å². The normalized spacial score (nSPS) is 16.5. The second-order valence-corrected chi connectivity index (χ2v) is 4.58. The quantitative estimate of drug-likeness (QED) is 0.651. The van der Waals surface area contributed by atoms with Crippen molar-refractivity contribution in [2.45, 2.75) is 13.0 Å². The van der Waals surface area contributed by atoms with Gasteiger partial charge in [0.15, 0.2) is 5.75 Å². The van der Waals surface area contributed by atoms with Gasteiger partial charge in [0.1, 0.15) is 5.82 Å². The summed E-state index contributed by atoms with van der Waals surface area (Å²) in [5.41, 5.74) is -0.328. The largest absolute Gasteiger partial charge is 0.502 e. The van der Waals surface area contributed by atoms with E-state index in [0.717, 1.165) is 38.3 Å². The summed E-state index contributed by atoms with van der Waals surface area (Å²) in [6.45, 7) is 4.93. The van der Waals surface area contributed by atoms with Crippen LogP contribution >= 0.6 is 24.8 Å². The number of halogens is 3. The van der Waals surface area contributed by atoms with Crippen LogP contribution in [-0.4, -0.2) is 41.1 Å². The first-order chi connectivity index (χ1) is 9.00. The minimum absolute atomic E-state index is 0. The fraction of sp³-hybridized carbons (Fsp3) is 0.500. The van der Waals surface area contributed by atoms with Crippen molar-refractivity contribution in [3.63, 3.8) is 0 Å². The Balaban J connectivity index is 0.00000200. The van der Waals surface area contributed by atoms with Gasteiger partial charge in [-0.3, -0.25) is 15.0 Å². The van der Waals surface area contributed by atoms with Crippen molar-refractivity contribution in [1.82, 2.24) is 10.2 Å². The lowest BCUT2D eigenvalue weighted by Crippen LogP contribution is -2.44. The van der Waals surface area contributed by atoms with Gasteiger partial charge in [-0.05, 0) is 13.0 Å². The lowest BCUT2D eigenvalue weighted by molar-refractivity contribution is -0.386. The second-order valence-electron chi connectivity index (χ2n) is 4.58. The molecule has 0 unspecified atom stereocenters. The number of phenols is 1. The molecule has 1 aromatic carbocycles. The maximum absolute atomic E-state index is 13.4. The number of nitro groups is 1. The van der Waals surface area contributed by atoms with E-state index in [-0.39, 0.29) is 36.4 Å². The van der Waals surface area contributed by atoms with Gasteiger partial charge in [-0.1, -0.05) is 0 Å². The van der Waals surface area contributed by atoms with E-state index in [1.807, 2.05) is 6.92 Å². The Kier molecular flexibility index (Phi) is 7.87. The Morgan fingerprint density at radius 3 is 2.48 bits per heavy atom. The van der Waals surface area contributed by atoms with Crippen LogP contribution < -0.4 is 5.32 Å². The molecule has 0 amide bonds. The number of phenolic OH excluding ortho intramolecular Hbond substituents is 1. The number of nitro benzene ring substituents is 1. The summed E-state index contributed by atoms with van der Waals surface area (Å²) in [6, 6.07) is 1.63. The summed E-state index contributed by atoms with van der Waals surface area (Å²) in [6.07, 6.45) is 0. The van der Waals surface area contributed by atoms with Gasteiger partial charge in [0, 0.05) is 37.8 Å². The Labute approximate surface area is 134 Å². The van der Waals surface area contributed by atoms with Crippen LogP contribution in [0.25, 0.3) is 0 Å². The summed E-state index contributed by atoms with van der Waals surface area (Å²) in [5, 5.41) is 23.9. The van der Waals surface area contributed by atoms with Crippen molar-refractivity contribution in [3.8, 4) is 5.75 Å². The summed E-state index contributed by atoms with van der Waals surface area (Å²) in [7, 11) is 0. The number of nitrogens with zero attached hydrogens (tertiary/aromatic N) is 2. The molecule has 0 aliphatic carbocycles. The van der Waals surface area contributed by atoms with Gasteiger partial charge in [0.2, 0.25) is 0 Å². The molecular formula is C12H18Cl2FN3O3. The third-order valence-electron chi connectivity index (χ3n) is 3.43. The van der Waals surface area contributed by atoms with E-state index in [1.54, 1.807) is 0 Å². The third-order valence-corrected chi connectivity index (χ3v) is 3.43. The number of hydrogen-bond donors (Lipinski definition) is 2. The van der Waals surface area contributed by atoms with Crippen molar-refractivity contribution < 1.29 is 14.4 Å². The van der Waals surface area contributed by atoms with E-state index < -0.39 is 22.2 Å². The smallest absolute Gasteiger partial charge is 0.313 e. The van der Waals surface area contributed by atoms with E-state index >= 15 is 0 Å². The van der Waals surface area contributed by atoms with Gasteiger partial charge in [-0.2, -0.15) is 0 Å². The molecule has 1 aromatic rings. The zero-order chi connectivity index (χ0) is 14.0. The number of benzene rings is 1. The minimum Gasteiger partial charge on any atom is -0.502 e. The summed E-state index contributed by atoms with van der Waals surface area (Å²) in [4.78, 5) is 12.1. The molecule has 1 aliphatic rings. The fourth-order valence-electron chi connectivity index (χ4n) is 2.33. The summed E-state index contributed by atoms with van der Waals surface area (Å²) >= 11 is 0. The highest BCUT2D eigenvalue weighted by molar-refractivity contribution is 5.85. The minimum atomic E-state index is -0.771. The molecule has 0 aromatic heterocycles. The highest BCUT2D eigenvalue weighted by Crippen LogP contribution is 2.36. The van der Waals surface area contributed by atoms with Crippen LogP contribution in [0, 0.1) is 15.9 Å². The van der Waals surface area contributed by atoms with Crippen molar-refractivity contribution in [3.05, 3.63) is 33.6 Å². The first-order valence-electron chi connectivity index (χ1n) is 6.12. The molecule has 0 bridgehead atoms. The lowest BCUT2D eigenvalue weighted by Gasteiger charge is -2.33. The van der Waals surface area contributed by atoms with Crippen LogP contribution in [0.1, 0.15) is 18.5 Å². The predicted octanol–water partition coefficient (Wildman–Crippen LogP) is 2.25. The number of aromatic hydroxyl groups is 1. The Bertz CT molecular complexity index is 499. The molecule has 1 atom stereocenters. The molecule has 1 heterocycles. The van der Waals surface area contributed by atoms with Crippen LogP contribution in [0.2, 0.25) is 0 Å². The van der Waals surface area contributed by atoms with Gasteiger partial charge < -0.3 is 10.4 Å². The number of nitrogens with one attached hydrogen (secondary N) is 1. The molecule has 0 saturated carbocycles. The van der Waals surface area contributed by atoms with E-state index in [1.165, 1.54) is 0 Å². The second kappa shape index (κ2) is 8.33. The van der Waals surface area contributed by atoms with Crippen molar-refractivity contribution >= 4 is 30.5 Å². The first kappa shape index (κ1) is 19.9. The standard InChI is InChI=1S/C12H16FN3O3.2ClH/c1-8(15-4-2-14-3-5-15)10-6-9(13)7-11(12(10)17)16(18)19;;/h6-8,14,17H,2-5H2,1H3;2*1H/t8-;;/m0../s1. The van der Waals surface area contributed by atoms with Crippen LogP contribution in [0.3, 0.4) is 0 Å². The van der Waals surface area contributed by atoms with E-state index in [9.17, 15) is 19.6 Å². The molecule has 1 aliphatic heterocycles. The Hall–Kier alpha value is -1.15. The van der Waals surface area contributed by atoms with Crippen molar-refractivity contribution in [1.29, 1.82) is 0 Å². The molecule has 9 heteroatoms.